The largest absolute Gasteiger partial charge is 0.394 e. The van der Waals surface area contributed by atoms with E-state index >= 15 is 0 Å². The summed E-state index contributed by atoms with van der Waals surface area (Å²) in [5.41, 5.74) is 0. The second-order valence-electron chi connectivity index (χ2n) is 18.7. The third-order valence-corrected chi connectivity index (χ3v) is 13.0. The van der Waals surface area contributed by atoms with Crippen LogP contribution in [-0.4, -0.2) is 87.5 Å². The number of rotatable bonds is 45. The zero-order valence-corrected chi connectivity index (χ0v) is 39.5. The summed E-state index contributed by atoms with van der Waals surface area (Å²) in [6, 6.07) is -0.712. The Morgan fingerprint density at radius 2 is 0.833 bits per heavy atom. The van der Waals surface area contributed by atoms with E-state index in [9.17, 15) is 30.3 Å². The van der Waals surface area contributed by atoms with Crippen molar-refractivity contribution in [3.8, 4) is 0 Å². The van der Waals surface area contributed by atoms with Crippen molar-refractivity contribution in [3.63, 3.8) is 0 Å². The Morgan fingerprint density at radius 1 is 0.500 bits per heavy atom. The minimum Gasteiger partial charge on any atom is -0.394 e. The number of aliphatic hydroxyl groups is 5. The Labute approximate surface area is 370 Å². The lowest BCUT2D eigenvalue weighted by atomic mass is 9.99. The van der Waals surface area contributed by atoms with Gasteiger partial charge in [-0.3, -0.25) is 4.79 Å². The summed E-state index contributed by atoms with van der Waals surface area (Å²) in [6.07, 6.45) is 41.1. The quantitative estimate of drug-likeness (QED) is 0.0332. The Hall–Kier alpha value is -0.810. The Bertz CT molecular complexity index is 908. The average molecular weight is 856 g/mol. The molecule has 1 heterocycles. The van der Waals surface area contributed by atoms with Crippen LogP contribution < -0.4 is 5.32 Å². The van der Waals surface area contributed by atoms with Gasteiger partial charge >= 0.3 is 0 Å². The standard InChI is InChI=1S/C51H101NO8/c1-3-5-7-9-11-13-15-17-19-21-22-23-24-25-27-29-31-33-35-37-39-41-47(55)52-44(43-59-51-50(58)49(57)48(56)46(42-53)60-51)45(54)40-38-36-34-32-30-28-26-20-18-16-14-12-10-8-6-4-2/h44-46,48-51,53-54,56-58H,3-43H2,1-2H3,(H,52,55). The Morgan fingerprint density at radius 3 is 1.18 bits per heavy atom. The van der Waals surface area contributed by atoms with Crippen LogP contribution in [0.4, 0.5) is 0 Å². The number of hydrogen-bond acceptors (Lipinski definition) is 8. The van der Waals surface area contributed by atoms with Crippen molar-refractivity contribution in [2.24, 2.45) is 0 Å². The first kappa shape index (κ1) is 57.2. The van der Waals surface area contributed by atoms with E-state index in [0.717, 1.165) is 38.5 Å². The number of hydrogen-bond donors (Lipinski definition) is 6. The Kier molecular flexibility index (Phi) is 40.2. The maximum atomic E-state index is 13.0. The fourth-order valence-corrected chi connectivity index (χ4v) is 8.75. The minimum absolute atomic E-state index is 0.131. The van der Waals surface area contributed by atoms with Gasteiger partial charge in [-0.25, -0.2) is 0 Å². The molecule has 0 aromatic heterocycles. The number of ether oxygens (including phenoxy) is 2. The molecule has 60 heavy (non-hydrogen) atoms. The van der Waals surface area contributed by atoms with E-state index in [1.165, 1.54) is 199 Å². The molecule has 1 saturated heterocycles. The van der Waals surface area contributed by atoms with Crippen molar-refractivity contribution in [1.82, 2.24) is 5.32 Å². The predicted molar refractivity (Wildman–Crippen MR) is 249 cm³/mol. The number of carbonyl (C=O) groups is 1. The van der Waals surface area contributed by atoms with Gasteiger partial charge in [0.15, 0.2) is 6.29 Å². The van der Waals surface area contributed by atoms with E-state index in [1.807, 2.05) is 0 Å². The van der Waals surface area contributed by atoms with E-state index in [2.05, 4.69) is 19.2 Å². The second kappa shape index (κ2) is 42.2. The maximum Gasteiger partial charge on any atom is 0.220 e. The molecule has 0 aromatic carbocycles. The lowest BCUT2D eigenvalue weighted by Gasteiger charge is -2.40. The molecule has 0 spiro atoms. The summed E-state index contributed by atoms with van der Waals surface area (Å²) in [7, 11) is 0. The van der Waals surface area contributed by atoms with Crippen LogP contribution in [0.2, 0.25) is 0 Å². The monoisotopic (exact) mass is 856 g/mol. The molecule has 1 aliphatic heterocycles. The summed E-state index contributed by atoms with van der Waals surface area (Å²) < 4.78 is 11.3. The number of unbranched alkanes of at least 4 members (excludes halogenated alkanes) is 35. The lowest BCUT2D eigenvalue weighted by molar-refractivity contribution is -0.302. The van der Waals surface area contributed by atoms with Gasteiger partial charge < -0.3 is 40.3 Å². The van der Waals surface area contributed by atoms with Gasteiger partial charge in [-0.05, 0) is 12.8 Å². The van der Waals surface area contributed by atoms with Crippen LogP contribution in [0.3, 0.4) is 0 Å². The molecule has 1 amide bonds. The molecule has 7 unspecified atom stereocenters. The van der Waals surface area contributed by atoms with E-state index in [1.54, 1.807) is 0 Å². The Balaban J connectivity index is 2.23. The third kappa shape index (κ3) is 31.9. The van der Waals surface area contributed by atoms with Gasteiger partial charge in [0.25, 0.3) is 0 Å². The first-order chi connectivity index (χ1) is 29.3. The van der Waals surface area contributed by atoms with Crippen LogP contribution in [-0.2, 0) is 14.3 Å². The first-order valence-corrected chi connectivity index (χ1v) is 26.2. The molecule has 1 rings (SSSR count). The minimum atomic E-state index is -1.55. The van der Waals surface area contributed by atoms with E-state index in [4.69, 9.17) is 9.47 Å². The zero-order chi connectivity index (χ0) is 43.7. The van der Waals surface area contributed by atoms with Crippen molar-refractivity contribution < 1.29 is 39.8 Å². The molecule has 0 aromatic rings. The van der Waals surface area contributed by atoms with Crippen LogP contribution >= 0.6 is 0 Å². The van der Waals surface area contributed by atoms with Crippen molar-refractivity contribution in [1.29, 1.82) is 0 Å². The average Bonchev–Trinajstić information content (AvgIpc) is 3.25. The second-order valence-corrected chi connectivity index (χ2v) is 18.7. The van der Waals surface area contributed by atoms with Crippen molar-refractivity contribution in [2.45, 2.75) is 307 Å². The lowest BCUT2D eigenvalue weighted by Crippen LogP contribution is -2.60. The molecular weight excluding hydrogens is 755 g/mol. The van der Waals surface area contributed by atoms with Crippen LogP contribution in [0.25, 0.3) is 0 Å². The highest BCUT2D eigenvalue weighted by atomic mass is 16.7. The molecule has 0 aliphatic carbocycles. The van der Waals surface area contributed by atoms with Gasteiger partial charge in [0, 0.05) is 6.42 Å². The van der Waals surface area contributed by atoms with Crippen LogP contribution in [0, 0.1) is 0 Å². The summed E-state index contributed by atoms with van der Waals surface area (Å²) in [4.78, 5) is 13.0. The van der Waals surface area contributed by atoms with Gasteiger partial charge in [0.2, 0.25) is 5.91 Å². The van der Waals surface area contributed by atoms with Crippen molar-refractivity contribution in [2.75, 3.05) is 13.2 Å². The molecule has 1 fully saturated rings. The summed E-state index contributed by atoms with van der Waals surface area (Å²) >= 11 is 0. The fraction of sp³-hybridized carbons (Fsp3) is 0.980. The highest BCUT2D eigenvalue weighted by molar-refractivity contribution is 5.76. The number of carbonyl (C=O) groups excluding carboxylic acids is 1. The summed E-state index contributed by atoms with van der Waals surface area (Å²) in [5.74, 6) is -0.138. The fourth-order valence-electron chi connectivity index (χ4n) is 8.75. The highest BCUT2D eigenvalue weighted by Gasteiger charge is 2.44. The van der Waals surface area contributed by atoms with Gasteiger partial charge in [0.1, 0.15) is 24.4 Å². The topological polar surface area (TPSA) is 149 Å². The molecular formula is C51H101NO8. The van der Waals surface area contributed by atoms with Gasteiger partial charge in [-0.1, -0.05) is 245 Å². The first-order valence-electron chi connectivity index (χ1n) is 26.2. The molecule has 0 saturated carbocycles. The number of aliphatic hydroxyl groups excluding tert-OH is 5. The molecule has 0 radical (unpaired) electrons. The molecule has 1 aliphatic rings. The van der Waals surface area contributed by atoms with Crippen LogP contribution in [0.5, 0.6) is 0 Å². The summed E-state index contributed by atoms with van der Waals surface area (Å²) in [6.45, 7) is 3.87. The van der Waals surface area contributed by atoms with E-state index in [-0.39, 0.29) is 12.5 Å². The predicted octanol–water partition coefficient (Wildman–Crippen LogP) is 11.9. The number of nitrogens with one attached hydrogen (secondary N) is 1. The van der Waals surface area contributed by atoms with E-state index in [0.29, 0.717) is 12.8 Å². The molecule has 9 nitrogen and oxygen atoms in total. The maximum absolute atomic E-state index is 13.0. The SMILES string of the molecule is CCCCCCCCCCCCCCCCCCCCCCCC(=O)NC(COC1OC(CO)C(O)C(O)C1O)C(O)CCCCCCCCCCCCCCCCCC. The molecule has 9 heteroatoms. The van der Waals surface area contributed by atoms with Crippen LogP contribution in [0.1, 0.15) is 264 Å². The molecule has 7 atom stereocenters. The van der Waals surface area contributed by atoms with Gasteiger partial charge in [-0.15, -0.1) is 0 Å². The van der Waals surface area contributed by atoms with Crippen LogP contribution in [0.15, 0.2) is 0 Å². The molecule has 358 valence electrons. The third-order valence-electron chi connectivity index (χ3n) is 13.0. The van der Waals surface area contributed by atoms with Gasteiger partial charge in [0.05, 0.1) is 25.4 Å². The molecule has 0 bridgehead atoms. The van der Waals surface area contributed by atoms with Gasteiger partial charge in [-0.2, -0.15) is 0 Å². The zero-order valence-electron chi connectivity index (χ0n) is 39.5. The summed E-state index contributed by atoms with van der Waals surface area (Å²) in [5, 5.41) is 54.5. The highest BCUT2D eigenvalue weighted by Crippen LogP contribution is 2.23. The van der Waals surface area contributed by atoms with E-state index < -0.39 is 49.5 Å². The normalized spacial score (nSPS) is 20.4. The number of amides is 1. The van der Waals surface area contributed by atoms with Crippen molar-refractivity contribution >= 4 is 5.91 Å². The molecule has 6 N–H and O–H groups in total. The van der Waals surface area contributed by atoms with Crippen molar-refractivity contribution in [3.05, 3.63) is 0 Å². The smallest absolute Gasteiger partial charge is 0.220 e.